The van der Waals surface area contributed by atoms with Crippen LogP contribution in [-0.2, 0) is 4.79 Å². The smallest absolute Gasteiger partial charge is 0.435 e. The third-order valence-electron chi connectivity index (χ3n) is 4.86. The van der Waals surface area contributed by atoms with Crippen LogP contribution in [0.25, 0.3) is 17.4 Å². The number of aromatic carboxylic acids is 1. The number of furan rings is 1. The van der Waals surface area contributed by atoms with E-state index in [1.54, 1.807) is 24.3 Å². The quantitative estimate of drug-likeness (QED) is 0.517. The molecule has 0 unspecified atom stereocenters. The first-order chi connectivity index (χ1) is 15.5. The van der Waals surface area contributed by atoms with Crippen molar-refractivity contribution in [2.24, 2.45) is 5.10 Å². The number of benzene rings is 2. The molecule has 1 aliphatic heterocycles. The fourth-order valence-electron chi connectivity index (χ4n) is 3.14. The first kappa shape index (κ1) is 22.3. The van der Waals surface area contributed by atoms with Crippen LogP contribution in [0.5, 0.6) is 0 Å². The highest BCUT2D eigenvalue weighted by Crippen LogP contribution is 2.34. The summed E-state index contributed by atoms with van der Waals surface area (Å²) in [7, 11) is 0. The summed E-state index contributed by atoms with van der Waals surface area (Å²) in [6.45, 7) is 1.83. The standard InChI is InChI=1S/C23H14ClF3N2O4/c1-12-2-3-14(10-18(12)24)19-9-8-16(33-19)11-17-20(23(25,26)27)28-29(21(17)30)15-6-4-13(5-7-15)22(31)32/h2-11H,1H3,(H,31,32)/p-1/b17-11-. The molecule has 4 rings (SSSR count). The van der Waals surface area contributed by atoms with Crippen LogP contribution in [0, 0.1) is 6.92 Å². The zero-order valence-electron chi connectivity index (χ0n) is 16.8. The van der Waals surface area contributed by atoms with E-state index in [0.29, 0.717) is 21.4 Å². The summed E-state index contributed by atoms with van der Waals surface area (Å²) in [6.07, 6.45) is -3.95. The lowest BCUT2D eigenvalue weighted by atomic mass is 10.1. The van der Waals surface area contributed by atoms with Crippen molar-refractivity contribution in [2.45, 2.75) is 13.1 Å². The van der Waals surface area contributed by atoms with Gasteiger partial charge in [0.15, 0.2) is 5.71 Å². The molecule has 0 N–H and O–H groups in total. The zero-order valence-corrected chi connectivity index (χ0v) is 17.6. The van der Waals surface area contributed by atoms with E-state index in [9.17, 15) is 27.9 Å². The van der Waals surface area contributed by atoms with E-state index in [1.807, 2.05) is 6.92 Å². The van der Waals surface area contributed by atoms with E-state index in [1.165, 1.54) is 6.07 Å². The third kappa shape index (κ3) is 4.40. The predicted molar refractivity (Wildman–Crippen MR) is 114 cm³/mol. The van der Waals surface area contributed by atoms with Gasteiger partial charge in [-0.2, -0.15) is 23.3 Å². The van der Waals surface area contributed by atoms with E-state index in [2.05, 4.69) is 5.10 Å². The van der Waals surface area contributed by atoms with Gasteiger partial charge >= 0.3 is 6.18 Å². The van der Waals surface area contributed by atoms with Gasteiger partial charge in [-0.15, -0.1) is 0 Å². The largest absolute Gasteiger partial charge is 0.545 e. The number of hydrazone groups is 1. The Morgan fingerprint density at radius 1 is 1.12 bits per heavy atom. The summed E-state index contributed by atoms with van der Waals surface area (Å²) in [4.78, 5) is 23.7. The lowest BCUT2D eigenvalue weighted by Gasteiger charge is -2.12. The molecule has 2 heterocycles. The van der Waals surface area contributed by atoms with Crippen molar-refractivity contribution in [3.8, 4) is 11.3 Å². The number of hydrogen-bond donors (Lipinski definition) is 0. The normalized spacial score (nSPS) is 15.3. The number of anilines is 1. The average molecular weight is 474 g/mol. The molecule has 0 radical (unpaired) electrons. The fourth-order valence-corrected chi connectivity index (χ4v) is 3.32. The van der Waals surface area contributed by atoms with Crippen LogP contribution in [-0.4, -0.2) is 23.8 Å². The first-order valence-electron chi connectivity index (χ1n) is 9.44. The minimum absolute atomic E-state index is 0.0103. The van der Waals surface area contributed by atoms with Crippen molar-refractivity contribution in [2.75, 3.05) is 5.01 Å². The number of carbonyl (C=O) groups is 2. The number of amides is 1. The van der Waals surface area contributed by atoms with Crippen LogP contribution in [0.15, 0.2) is 69.7 Å². The van der Waals surface area contributed by atoms with Crippen molar-refractivity contribution in [1.82, 2.24) is 0 Å². The lowest BCUT2D eigenvalue weighted by Crippen LogP contribution is -2.25. The van der Waals surface area contributed by atoms with Crippen molar-refractivity contribution in [1.29, 1.82) is 0 Å². The zero-order chi connectivity index (χ0) is 23.9. The summed E-state index contributed by atoms with van der Waals surface area (Å²) < 4.78 is 46.5. The molecular weight excluding hydrogens is 461 g/mol. The second-order valence-corrected chi connectivity index (χ2v) is 7.53. The van der Waals surface area contributed by atoms with Crippen molar-refractivity contribution in [3.63, 3.8) is 0 Å². The molecule has 0 saturated heterocycles. The molecule has 168 valence electrons. The van der Waals surface area contributed by atoms with Gasteiger partial charge in [-0.05, 0) is 54.5 Å². The first-order valence-corrected chi connectivity index (χ1v) is 9.82. The molecule has 0 saturated carbocycles. The van der Waals surface area contributed by atoms with E-state index in [0.717, 1.165) is 35.9 Å². The number of aryl methyl sites for hydroxylation is 1. The van der Waals surface area contributed by atoms with Gasteiger partial charge in [0.2, 0.25) is 0 Å². The van der Waals surface area contributed by atoms with Crippen LogP contribution < -0.4 is 10.1 Å². The average Bonchev–Trinajstić information content (AvgIpc) is 3.35. The highest BCUT2D eigenvalue weighted by molar-refractivity contribution is 6.34. The topological polar surface area (TPSA) is 85.9 Å². The lowest BCUT2D eigenvalue weighted by molar-refractivity contribution is -0.255. The predicted octanol–water partition coefficient (Wildman–Crippen LogP) is 4.62. The SMILES string of the molecule is Cc1ccc(-c2ccc(/C=C3\C(=O)N(c4ccc(C(=O)[O-])cc4)N=C3C(F)(F)F)o2)cc1Cl. The van der Waals surface area contributed by atoms with E-state index >= 15 is 0 Å². The summed E-state index contributed by atoms with van der Waals surface area (Å²) >= 11 is 6.12. The van der Waals surface area contributed by atoms with Crippen LogP contribution in [0.2, 0.25) is 5.02 Å². The van der Waals surface area contributed by atoms with Crippen LogP contribution in [0.4, 0.5) is 18.9 Å². The Hall–Kier alpha value is -3.85. The maximum atomic E-state index is 13.6. The minimum Gasteiger partial charge on any atom is -0.545 e. The molecule has 1 aromatic heterocycles. The van der Waals surface area contributed by atoms with Gasteiger partial charge in [-0.3, -0.25) is 4.79 Å². The molecule has 0 bridgehead atoms. The van der Waals surface area contributed by atoms with Gasteiger partial charge in [-0.1, -0.05) is 35.9 Å². The molecule has 0 aliphatic carbocycles. The van der Waals surface area contributed by atoms with Crippen molar-refractivity contribution < 1.29 is 32.3 Å². The Balaban J connectivity index is 1.70. The number of alkyl halides is 3. The van der Waals surface area contributed by atoms with Gasteiger partial charge in [0.25, 0.3) is 5.91 Å². The molecular formula is C23H13ClF3N2O4-. The molecule has 33 heavy (non-hydrogen) atoms. The highest BCUT2D eigenvalue weighted by Gasteiger charge is 2.47. The number of nitrogens with zero attached hydrogens (tertiary/aromatic N) is 2. The number of hydrogen-bond acceptors (Lipinski definition) is 5. The maximum absolute atomic E-state index is 13.6. The number of halogens is 4. The number of carbonyl (C=O) groups excluding carboxylic acids is 2. The number of carboxylic acids is 1. The third-order valence-corrected chi connectivity index (χ3v) is 5.27. The molecule has 0 spiro atoms. The summed E-state index contributed by atoms with van der Waals surface area (Å²) in [5.41, 5.74) is -0.871. The Kier molecular flexibility index (Phi) is 5.59. The number of carboxylic acid groups (broad SMARTS) is 1. The molecule has 10 heteroatoms. The molecule has 1 amide bonds. The second-order valence-electron chi connectivity index (χ2n) is 7.12. The Labute approximate surface area is 190 Å². The molecule has 6 nitrogen and oxygen atoms in total. The Morgan fingerprint density at radius 2 is 1.82 bits per heavy atom. The molecule has 2 aromatic carbocycles. The van der Waals surface area contributed by atoms with Gasteiger partial charge in [0.1, 0.15) is 11.5 Å². The van der Waals surface area contributed by atoms with E-state index in [4.69, 9.17) is 16.0 Å². The summed E-state index contributed by atoms with van der Waals surface area (Å²) in [6, 6.07) is 12.7. The van der Waals surface area contributed by atoms with Crippen molar-refractivity contribution >= 4 is 41.0 Å². The number of rotatable bonds is 4. The maximum Gasteiger partial charge on any atom is 0.435 e. The Bertz CT molecular complexity index is 1320. The molecule has 3 aromatic rings. The van der Waals surface area contributed by atoms with Gasteiger partial charge < -0.3 is 14.3 Å². The molecule has 0 fully saturated rings. The highest BCUT2D eigenvalue weighted by atomic mass is 35.5. The van der Waals surface area contributed by atoms with Crippen LogP contribution >= 0.6 is 11.6 Å². The molecule has 1 aliphatic rings. The van der Waals surface area contributed by atoms with Gasteiger partial charge in [-0.25, -0.2) is 0 Å². The van der Waals surface area contributed by atoms with Gasteiger partial charge in [0, 0.05) is 10.6 Å². The summed E-state index contributed by atoms with van der Waals surface area (Å²) in [5.74, 6) is -2.14. The van der Waals surface area contributed by atoms with E-state index in [-0.39, 0.29) is 17.0 Å². The van der Waals surface area contributed by atoms with Gasteiger partial charge in [0.05, 0.1) is 17.2 Å². The van der Waals surface area contributed by atoms with Crippen LogP contribution in [0.1, 0.15) is 21.7 Å². The summed E-state index contributed by atoms with van der Waals surface area (Å²) in [5, 5.41) is 15.4. The van der Waals surface area contributed by atoms with Crippen LogP contribution in [0.3, 0.4) is 0 Å². The monoisotopic (exact) mass is 473 g/mol. The van der Waals surface area contributed by atoms with E-state index < -0.39 is 29.3 Å². The second kappa shape index (κ2) is 8.25. The minimum atomic E-state index is -4.92. The Morgan fingerprint density at radius 3 is 2.42 bits per heavy atom. The molecule has 0 atom stereocenters. The van der Waals surface area contributed by atoms with Crippen molar-refractivity contribution in [3.05, 3.63) is 82.1 Å². The fraction of sp³-hybridized carbons (Fsp3) is 0.0870.